The van der Waals surface area contributed by atoms with Crippen LogP contribution in [-0.2, 0) is 4.74 Å². The minimum atomic E-state index is -1.43. The van der Waals surface area contributed by atoms with Crippen molar-refractivity contribution in [3.63, 3.8) is 0 Å². The molecule has 1 aliphatic heterocycles. The van der Waals surface area contributed by atoms with Crippen molar-refractivity contribution < 1.29 is 19.7 Å². The molecule has 4 aromatic rings. The zero-order chi connectivity index (χ0) is 28.0. The highest BCUT2D eigenvalue weighted by atomic mass is 16.6. The third-order valence-corrected chi connectivity index (χ3v) is 6.48. The molecule has 0 aliphatic carbocycles. The van der Waals surface area contributed by atoms with E-state index in [1.54, 1.807) is 0 Å². The molecule has 1 saturated heterocycles. The van der Waals surface area contributed by atoms with Crippen LogP contribution in [0.2, 0.25) is 0 Å². The van der Waals surface area contributed by atoms with E-state index in [1.165, 1.54) is 18.0 Å². The fourth-order valence-electron chi connectivity index (χ4n) is 4.43. The first-order valence-electron chi connectivity index (χ1n) is 11.8. The van der Waals surface area contributed by atoms with Gasteiger partial charge >= 0.3 is 0 Å². The largest absolute Gasteiger partial charge is 0.491 e. The third kappa shape index (κ3) is 4.31. The smallest absolute Gasteiger partial charge is 0.280 e. The van der Waals surface area contributed by atoms with Crippen molar-refractivity contribution in [1.82, 2.24) is 19.5 Å². The molecule has 3 heterocycles. The Labute approximate surface area is 216 Å². The summed E-state index contributed by atoms with van der Waals surface area (Å²) in [5.74, 6) is -0.194. The van der Waals surface area contributed by atoms with Gasteiger partial charge < -0.3 is 41.4 Å². The van der Waals surface area contributed by atoms with Gasteiger partial charge in [-0.05, 0) is 6.42 Å². The zero-order valence-corrected chi connectivity index (χ0v) is 20.4. The Bertz CT molecular complexity index is 1740. The van der Waals surface area contributed by atoms with Crippen LogP contribution in [0.5, 0.6) is 5.75 Å². The van der Waals surface area contributed by atoms with Gasteiger partial charge in [-0.3, -0.25) is 33.5 Å². The molecule has 0 spiro atoms. The average molecular weight is 544 g/mol. The van der Waals surface area contributed by atoms with Crippen molar-refractivity contribution in [3.05, 3.63) is 57.6 Å². The van der Waals surface area contributed by atoms with Crippen LogP contribution < -0.4 is 53.7 Å². The summed E-state index contributed by atoms with van der Waals surface area (Å²) in [4.78, 5) is 69.4. The number of nitrogen functional groups attached to an aromatic ring is 1. The summed E-state index contributed by atoms with van der Waals surface area (Å²) in [5.41, 5.74) is 2.36. The molecular formula is C22H24N8O9. The number of aromatic amines is 1. The summed E-state index contributed by atoms with van der Waals surface area (Å²) < 4.78 is 11.9. The van der Waals surface area contributed by atoms with Crippen LogP contribution in [0.25, 0.3) is 11.2 Å². The molecule has 0 radical (unpaired) electrons. The molecule has 0 saturated carbocycles. The molecule has 8 N–H and O–H groups in total. The molecular weight excluding hydrogens is 520 g/mol. The third-order valence-electron chi connectivity index (χ3n) is 6.48. The normalized spacial score (nSPS) is 21.1. The Balaban J connectivity index is 1.18. The van der Waals surface area contributed by atoms with Gasteiger partial charge in [-0.15, -0.1) is 0 Å². The first kappa shape index (κ1) is 26.0. The van der Waals surface area contributed by atoms with Crippen LogP contribution >= 0.6 is 0 Å². The fourth-order valence-corrected chi connectivity index (χ4v) is 4.43. The predicted molar refractivity (Wildman–Crippen MR) is 138 cm³/mol. The Morgan fingerprint density at radius 2 is 1.64 bits per heavy atom. The molecule has 17 heteroatoms. The molecule has 2 aromatic carbocycles. The molecule has 5 rings (SSSR count). The molecule has 1 fully saturated rings. The van der Waals surface area contributed by atoms with Crippen molar-refractivity contribution in [1.29, 1.82) is 0 Å². The van der Waals surface area contributed by atoms with Crippen LogP contribution in [0.15, 0.2) is 30.3 Å². The molecule has 0 bridgehead atoms. The molecule has 17 nitrogen and oxygen atoms in total. The highest BCUT2D eigenvalue weighted by molar-refractivity contribution is 5.74. The number of hydrogen-bond donors (Lipinski definition) is 7. The summed E-state index contributed by atoms with van der Waals surface area (Å²) in [5, 5.41) is 29.5. The van der Waals surface area contributed by atoms with E-state index in [2.05, 4.69) is 30.9 Å². The Hall–Kier alpha value is -4.61. The van der Waals surface area contributed by atoms with Gasteiger partial charge in [0, 0.05) is 19.6 Å². The topological polar surface area (TPSA) is 253 Å². The molecule has 0 unspecified atom stereocenters. The number of anilines is 4. The van der Waals surface area contributed by atoms with E-state index in [9.17, 15) is 34.2 Å². The molecule has 1 aliphatic rings. The molecule has 2 aromatic heterocycles. The van der Waals surface area contributed by atoms with E-state index in [4.69, 9.17) is 15.2 Å². The first-order chi connectivity index (χ1) is 18.6. The minimum Gasteiger partial charge on any atom is -0.491 e. The van der Waals surface area contributed by atoms with Crippen molar-refractivity contribution in [2.45, 2.75) is 31.0 Å². The lowest BCUT2D eigenvalue weighted by atomic mass is 10.1. The quantitative estimate of drug-likeness (QED) is 0.0716. The number of ether oxygens (including phenoxy) is 2. The van der Waals surface area contributed by atoms with E-state index in [0.29, 0.717) is 13.0 Å². The summed E-state index contributed by atoms with van der Waals surface area (Å²) in [6.45, 7) is 0.419. The van der Waals surface area contributed by atoms with Gasteiger partial charge in [0.25, 0.3) is 27.3 Å². The van der Waals surface area contributed by atoms with E-state index in [0.717, 1.165) is 0 Å². The number of aliphatic hydroxyl groups is 2. The Morgan fingerprint density at radius 3 is 2.33 bits per heavy atom. The number of hydrogen-bond acceptors (Lipinski definition) is 15. The summed E-state index contributed by atoms with van der Waals surface area (Å²) >= 11 is 0. The second-order valence-corrected chi connectivity index (χ2v) is 8.88. The van der Waals surface area contributed by atoms with E-state index in [-0.39, 0.29) is 53.0 Å². The number of aromatic nitrogens is 4. The van der Waals surface area contributed by atoms with Crippen molar-refractivity contribution in [2.24, 2.45) is 0 Å². The number of methoxy groups -OCH3 is 1. The van der Waals surface area contributed by atoms with Crippen LogP contribution in [0.3, 0.4) is 0 Å². The number of H-pyrrole nitrogens is 1. The van der Waals surface area contributed by atoms with Crippen LogP contribution in [0.4, 0.5) is 23.0 Å². The maximum absolute atomic E-state index is 12.1. The number of fused-ring (bicyclic) bond motifs is 1. The van der Waals surface area contributed by atoms with Crippen LogP contribution in [0, 0.1) is 0 Å². The van der Waals surface area contributed by atoms with Crippen LogP contribution in [0.1, 0.15) is 12.6 Å². The Morgan fingerprint density at radius 1 is 1.00 bits per heavy atom. The average Bonchev–Trinajstić information content (AvgIpc) is 3.46. The number of nitrogens with two attached hydrogens (primary N) is 1. The van der Waals surface area contributed by atoms with Gasteiger partial charge in [0.2, 0.25) is 5.95 Å². The maximum Gasteiger partial charge on any atom is 0.280 e. The highest BCUT2D eigenvalue weighted by Gasteiger charge is 2.44. The maximum atomic E-state index is 12.1. The Kier molecular flexibility index (Phi) is 6.62. The van der Waals surface area contributed by atoms with Crippen molar-refractivity contribution in [3.8, 4) is 5.75 Å². The standard InChI is InChI=1S/C22H24N8O9/c1-38-18-10(15(34)16(18)35)25-4-2-3-24-8-9(14(33)13(8)32)26-5-7-12(31)17(36)21(39-7)30-6-27-11-19(30)28-22(23)29-20(11)37/h6-7,12,17,21,24-26,31,36H,2-5H2,1H3,(H3,23,28,29,37)/t7-,12-,17-,21+/m1/s1. The van der Waals surface area contributed by atoms with Crippen LogP contribution in [-0.4, -0.2) is 74.8 Å². The SMILES string of the molecule is COc1c(NCCCNc2c(NC[C@H]3O[C@H](n4cnc5c(=O)[nH]c(N)nc54)[C@H](O)[C@@H]3O)c(=O)c2=O)c(=O)c1=O. The fraction of sp³-hybridized carbons (Fsp3) is 0.409. The summed E-state index contributed by atoms with van der Waals surface area (Å²) in [7, 11) is 1.29. The van der Waals surface area contributed by atoms with Crippen molar-refractivity contribution in [2.75, 3.05) is 48.4 Å². The lowest BCUT2D eigenvalue weighted by Gasteiger charge is -2.19. The van der Waals surface area contributed by atoms with Gasteiger partial charge in [-0.1, -0.05) is 0 Å². The lowest BCUT2D eigenvalue weighted by Crippen LogP contribution is -2.41. The number of aliphatic hydroxyl groups excluding tert-OH is 2. The number of nitrogens with one attached hydrogen (secondary N) is 4. The van der Waals surface area contributed by atoms with Gasteiger partial charge in [0.05, 0.1) is 13.4 Å². The number of rotatable bonds is 11. The molecule has 0 amide bonds. The zero-order valence-electron chi connectivity index (χ0n) is 20.4. The van der Waals surface area contributed by atoms with E-state index in [1.807, 2.05) is 0 Å². The number of nitrogens with zero attached hydrogens (tertiary/aromatic N) is 3. The van der Waals surface area contributed by atoms with Gasteiger partial charge in [-0.25, -0.2) is 4.98 Å². The summed E-state index contributed by atoms with van der Waals surface area (Å²) in [6, 6.07) is 0. The van der Waals surface area contributed by atoms with E-state index >= 15 is 0 Å². The molecule has 39 heavy (non-hydrogen) atoms. The first-order valence-corrected chi connectivity index (χ1v) is 11.8. The highest BCUT2D eigenvalue weighted by Crippen LogP contribution is 2.31. The number of imidazole rings is 1. The van der Waals surface area contributed by atoms with Crippen molar-refractivity contribution >= 4 is 34.2 Å². The molecule has 206 valence electrons. The monoisotopic (exact) mass is 544 g/mol. The van der Waals surface area contributed by atoms with Gasteiger partial charge in [0.1, 0.15) is 35.4 Å². The molecule has 4 atom stereocenters. The van der Waals surface area contributed by atoms with Gasteiger partial charge in [-0.2, -0.15) is 4.98 Å². The lowest BCUT2D eigenvalue weighted by molar-refractivity contribution is -0.0312. The van der Waals surface area contributed by atoms with E-state index < -0.39 is 51.8 Å². The second-order valence-electron chi connectivity index (χ2n) is 8.88. The summed E-state index contributed by atoms with van der Waals surface area (Å²) in [6.07, 6.45) is -3.33. The van der Waals surface area contributed by atoms with Gasteiger partial charge in [0.15, 0.2) is 23.1 Å². The minimum absolute atomic E-state index is 0.0000938. The second kappa shape index (κ2) is 9.93. The predicted octanol–water partition coefficient (Wildman–Crippen LogP) is -3.45.